The average molecular weight is 252 g/mol. The first-order chi connectivity index (χ1) is 9.24. The van der Waals surface area contributed by atoms with Gasteiger partial charge in [-0.25, -0.2) is 9.78 Å². The Hall–Kier alpha value is -2.67. The lowest BCUT2D eigenvalue weighted by atomic mass is 10.1. The first kappa shape index (κ1) is 12.8. The summed E-state index contributed by atoms with van der Waals surface area (Å²) in [6.45, 7) is 2.09. The number of terminal acetylenes is 1. The molecule has 4 heteroatoms. The molecule has 0 unspecified atom stereocenters. The molecule has 2 aromatic rings. The fourth-order valence-electron chi connectivity index (χ4n) is 1.61. The molecule has 0 bridgehead atoms. The van der Waals surface area contributed by atoms with E-state index in [-0.39, 0.29) is 5.97 Å². The van der Waals surface area contributed by atoms with E-state index in [0.29, 0.717) is 17.9 Å². The van der Waals surface area contributed by atoms with E-state index < -0.39 is 0 Å². The molecule has 4 nitrogen and oxygen atoms in total. The quantitative estimate of drug-likeness (QED) is 0.621. The lowest BCUT2D eigenvalue weighted by Crippen LogP contribution is -2.05. The number of aromatic nitrogens is 2. The molecular weight excluding hydrogens is 240 g/mol. The maximum Gasteiger partial charge on any atom is 0.339 e. The topological polar surface area (TPSA) is 52.1 Å². The van der Waals surface area contributed by atoms with Gasteiger partial charge in [0.1, 0.15) is 5.69 Å². The van der Waals surface area contributed by atoms with Gasteiger partial charge in [0.25, 0.3) is 0 Å². The van der Waals surface area contributed by atoms with Gasteiger partial charge in [0.15, 0.2) is 0 Å². The normalized spacial score (nSPS) is 9.68. The van der Waals surface area contributed by atoms with E-state index in [4.69, 9.17) is 11.2 Å². The van der Waals surface area contributed by atoms with Crippen molar-refractivity contribution in [2.75, 3.05) is 6.61 Å². The minimum absolute atomic E-state index is 0.333. The van der Waals surface area contributed by atoms with Crippen molar-refractivity contribution in [3.63, 3.8) is 0 Å². The molecule has 0 atom stereocenters. The fraction of sp³-hybridized carbons (Fsp3) is 0.133. The largest absolute Gasteiger partial charge is 0.462 e. The standard InChI is InChI=1S/C15H12N2O2/c1-3-14-8-11(5-6-17-14)12-7-13(10-16-9-12)15(18)19-4-2/h1,5-10H,4H2,2H3. The molecule has 0 aliphatic heterocycles. The molecule has 19 heavy (non-hydrogen) atoms. The van der Waals surface area contributed by atoms with Crippen molar-refractivity contribution in [2.45, 2.75) is 6.92 Å². The molecule has 94 valence electrons. The van der Waals surface area contributed by atoms with E-state index in [2.05, 4.69) is 15.9 Å². The van der Waals surface area contributed by atoms with Gasteiger partial charge in [-0.1, -0.05) is 5.92 Å². The van der Waals surface area contributed by atoms with Crippen LogP contribution in [0, 0.1) is 12.3 Å². The highest BCUT2D eigenvalue weighted by molar-refractivity contribution is 5.90. The third-order valence-electron chi connectivity index (χ3n) is 2.49. The van der Waals surface area contributed by atoms with E-state index in [1.54, 1.807) is 31.5 Å². The van der Waals surface area contributed by atoms with Crippen LogP contribution >= 0.6 is 0 Å². The Balaban J connectivity index is 2.38. The van der Waals surface area contributed by atoms with Crippen LogP contribution in [0.15, 0.2) is 36.8 Å². The molecule has 2 rings (SSSR count). The van der Waals surface area contributed by atoms with Gasteiger partial charge in [-0.05, 0) is 30.7 Å². The van der Waals surface area contributed by atoms with Crippen LogP contribution in [0.3, 0.4) is 0 Å². The Labute approximate surface area is 111 Å². The Morgan fingerprint density at radius 3 is 2.95 bits per heavy atom. The molecule has 0 aromatic carbocycles. The number of hydrogen-bond acceptors (Lipinski definition) is 4. The second-order valence-electron chi connectivity index (χ2n) is 3.76. The number of pyridine rings is 2. The number of esters is 1. The van der Waals surface area contributed by atoms with Crippen molar-refractivity contribution in [2.24, 2.45) is 0 Å². The number of carbonyl (C=O) groups is 1. The SMILES string of the molecule is C#Cc1cc(-c2cncc(C(=O)OCC)c2)ccn1. The zero-order valence-electron chi connectivity index (χ0n) is 10.5. The van der Waals surface area contributed by atoms with Crippen molar-refractivity contribution in [1.82, 2.24) is 9.97 Å². The predicted octanol–water partition coefficient (Wildman–Crippen LogP) is 2.30. The van der Waals surface area contributed by atoms with E-state index >= 15 is 0 Å². The van der Waals surface area contributed by atoms with Crippen molar-refractivity contribution < 1.29 is 9.53 Å². The predicted molar refractivity (Wildman–Crippen MR) is 71.4 cm³/mol. The summed E-state index contributed by atoms with van der Waals surface area (Å²) in [5, 5.41) is 0. The van der Waals surface area contributed by atoms with Crippen LogP contribution in [0.5, 0.6) is 0 Å². The Kier molecular flexibility index (Phi) is 3.89. The van der Waals surface area contributed by atoms with Gasteiger partial charge in [-0.2, -0.15) is 0 Å². The maximum atomic E-state index is 11.6. The zero-order valence-corrected chi connectivity index (χ0v) is 10.5. The summed E-state index contributed by atoms with van der Waals surface area (Å²) in [6, 6.07) is 5.30. The van der Waals surface area contributed by atoms with Crippen molar-refractivity contribution in [3.05, 3.63) is 48.0 Å². The highest BCUT2D eigenvalue weighted by Gasteiger charge is 2.08. The molecular formula is C15H12N2O2. The number of nitrogens with zero attached hydrogens (tertiary/aromatic N) is 2. The molecule has 0 aliphatic carbocycles. The summed E-state index contributed by atoms with van der Waals surface area (Å²) < 4.78 is 4.94. The summed E-state index contributed by atoms with van der Waals surface area (Å²) in [7, 11) is 0. The fourth-order valence-corrected chi connectivity index (χ4v) is 1.61. The molecule has 0 saturated heterocycles. The zero-order chi connectivity index (χ0) is 13.7. The highest BCUT2D eigenvalue weighted by atomic mass is 16.5. The third-order valence-corrected chi connectivity index (χ3v) is 2.49. The van der Waals surface area contributed by atoms with E-state index in [0.717, 1.165) is 11.1 Å². The number of rotatable bonds is 3. The molecule has 0 aliphatic rings. The first-order valence-electron chi connectivity index (χ1n) is 5.79. The molecule has 0 radical (unpaired) electrons. The molecule has 0 N–H and O–H groups in total. The van der Waals surface area contributed by atoms with E-state index in [1.807, 2.05) is 6.07 Å². The van der Waals surface area contributed by atoms with Crippen LogP contribution in [0.25, 0.3) is 11.1 Å². The summed E-state index contributed by atoms with van der Waals surface area (Å²) in [6.07, 6.45) is 10.1. The van der Waals surface area contributed by atoms with Crippen LogP contribution in [0.4, 0.5) is 0 Å². The first-order valence-corrected chi connectivity index (χ1v) is 5.79. The van der Waals surface area contributed by atoms with Crippen LogP contribution < -0.4 is 0 Å². The molecule has 0 spiro atoms. The van der Waals surface area contributed by atoms with Crippen LogP contribution in [0.1, 0.15) is 23.0 Å². The Bertz CT molecular complexity index is 645. The van der Waals surface area contributed by atoms with Gasteiger partial charge < -0.3 is 4.74 Å². The average Bonchev–Trinajstić information content (AvgIpc) is 2.48. The lowest BCUT2D eigenvalue weighted by Gasteiger charge is -2.05. The van der Waals surface area contributed by atoms with Gasteiger partial charge in [0, 0.05) is 24.2 Å². The van der Waals surface area contributed by atoms with Crippen LogP contribution in [-0.2, 0) is 4.74 Å². The minimum Gasteiger partial charge on any atom is -0.462 e. The molecule has 0 fully saturated rings. The summed E-state index contributed by atoms with van der Waals surface area (Å²) in [4.78, 5) is 19.7. The van der Waals surface area contributed by atoms with Gasteiger partial charge >= 0.3 is 5.97 Å². The smallest absolute Gasteiger partial charge is 0.339 e. The summed E-state index contributed by atoms with van der Waals surface area (Å²) in [5.41, 5.74) is 2.61. The second-order valence-corrected chi connectivity index (χ2v) is 3.76. The molecule has 0 saturated carbocycles. The van der Waals surface area contributed by atoms with E-state index in [1.165, 1.54) is 6.20 Å². The summed E-state index contributed by atoms with van der Waals surface area (Å²) in [5.74, 6) is 2.09. The van der Waals surface area contributed by atoms with Gasteiger partial charge in [-0.3, -0.25) is 4.98 Å². The molecule has 2 aromatic heterocycles. The Morgan fingerprint density at radius 2 is 2.21 bits per heavy atom. The van der Waals surface area contributed by atoms with Crippen LogP contribution in [0.2, 0.25) is 0 Å². The lowest BCUT2D eigenvalue weighted by molar-refractivity contribution is 0.0526. The minimum atomic E-state index is -0.386. The van der Waals surface area contributed by atoms with Crippen molar-refractivity contribution in [3.8, 4) is 23.5 Å². The third kappa shape index (κ3) is 2.96. The highest BCUT2D eigenvalue weighted by Crippen LogP contribution is 2.19. The number of ether oxygens (including phenoxy) is 1. The second kappa shape index (κ2) is 5.78. The number of hydrogen-bond donors (Lipinski definition) is 0. The molecule has 0 amide bonds. The number of carbonyl (C=O) groups excluding carboxylic acids is 1. The Morgan fingerprint density at radius 1 is 1.37 bits per heavy atom. The van der Waals surface area contributed by atoms with Gasteiger partial charge in [-0.15, -0.1) is 6.42 Å². The van der Waals surface area contributed by atoms with Crippen LogP contribution in [-0.4, -0.2) is 22.5 Å². The maximum absolute atomic E-state index is 11.6. The van der Waals surface area contributed by atoms with E-state index in [9.17, 15) is 4.79 Å². The molecule has 2 heterocycles. The van der Waals surface area contributed by atoms with Gasteiger partial charge in [0.2, 0.25) is 0 Å². The van der Waals surface area contributed by atoms with Crippen molar-refractivity contribution >= 4 is 5.97 Å². The van der Waals surface area contributed by atoms with Crippen molar-refractivity contribution in [1.29, 1.82) is 0 Å². The van der Waals surface area contributed by atoms with Gasteiger partial charge in [0.05, 0.1) is 12.2 Å². The monoisotopic (exact) mass is 252 g/mol. The summed E-state index contributed by atoms with van der Waals surface area (Å²) >= 11 is 0.